The van der Waals surface area contributed by atoms with Gasteiger partial charge in [0.2, 0.25) is 0 Å². The summed E-state index contributed by atoms with van der Waals surface area (Å²) in [6.45, 7) is 3.62. The highest BCUT2D eigenvalue weighted by Crippen LogP contribution is 2.21. The van der Waals surface area contributed by atoms with E-state index >= 15 is 0 Å². The number of hydrogen-bond donors (Lipinski definition) is 0. The van der Waals surface area contributed by atoms with Gasteiger partial charge in [0.25, 0.3) is 0 Å². The molecule has 0 aliphatic heterocycles. The van der Waals surface area contributed by atoms with E-state index < -0.39 is 0 Å². The van der Waals surface area contributed by atoms with Crippen LogP contribution in [0.3, 0.4) is 0 Å². The van der Waals surface area contributed by atoms with Crippen molar-refractivity contribution in [3.8, 4) is 5.75 Å². The fourth-order valence-electron chi connectivity index (χ4n) is 1.13. The Kier molecular flexibility index (Phi) is 5.25. The highest BCUT2D eigenvalue weighted by molar-refractivity contribution is 14.1. The Morgan fingerprint density at radius 1 is 1.36 bits per heavy atom. The second-order valence-electron chi connectivity index (χ2n) is 3.02. The van der Waals surface area contributed by atoms with Crippen molar-refractivity contribution in [2.75, 3.05) is 13.7 Å². The van der Waals surface area contributed by atoms with Crippen LogP contribution in [0, 0.1) is 3.57 Å². The molecule has 0 saturated heterocycles. The molecule has 0 aromatic heterocycles. The molecule has 1 aromatic rings. The van der Waals surface area contributed by atoms with Crippen molar-refractivity contribution in [3.63, 3.8) is 0 Å². The summed E-state index contributed by atoms with van der Waals surface area (Å²) in [5.74, 6) is 0.921. The highest BCUT2D eigenvalue weighted by atomic mass is 127. The molecule has 0 aliphatic rings. The summed E-state index contributed by atoms with van der Waals surface area (Å²) in [5, 5.41) is 0. The first kappa shape index (κ1) is 11.8. The molecule has 3 heteroatoms. The third kappa shape index (κ3) is 3.46. The van der Waals surface area contributed by atoms with E-state index in [9.17, 15) is 0 Å². The number of rotatable bonds is 5. The number of methoxy groups -OCH3 is 1. The molecule has 1 rings (SSSR count). The van der Waals surface area contributed by atoms with Gasteiger partial charge in [0, 0.05) is 6.61 Å². The van der Waals surface area contributed by atoms with Gasteiger partial charge in [-0.25, -0.2) is 0 Å². The average molecular weight is 306 g/mol. The first-order chi connectivity index (χ1) is 6.77. The molecule has 0 saturated carbocycles. The van der Waals surface area contributed by atoms with Crippen LogP contribution in [0.1, 0.15) is 18.9 Å². The average Bonchev–Trinajstić information content (AvgIpc) is 2.18. The van der Waals surface area contributed by atoms with E-state index in [-0.39, 0.29) is 0 Å². The lowest BCUT2D eigenvalue weighted by Gasteiger charge is -2.06. The van der Waals surface area contributed by atoms with Crippen LogP contribution in [-0.2, 0) is 11.3 Å². The van der Waals surface area contributed by atoms with Crippen LogP contribution in [0.4, 0.5) is 0 Å². The monoisotopic (exact) mass is 306 g/mol. The quantitative estimate of drug-likeness (QED) is 0.614. The largest absolute Gasteiger partial charge is 0.496 e. The summed E-state index contributed by atoms with van der Waals surface area (Å²) in [4.78, 5) is 0. The zero-order chi connectivity index (χ0) is 10.4. The molecule has 0 atom stereocenters. The van der Waals surface area contributed by atoms with Crippen molar-refractivity contribution < 1.29 is 9.47 Å². The van der Waals surface area contributed by atoms with Crippen molar-refractivity contribution in [3.05, 3.63) is 27.3 Å². The van der Waals surface area contributed by atoms with Gasteiger partial charge in [0.05, 0.1) is 17.3 Å². The zero-order valence-corrected chi connectivity index (χ0v) is 10.7. The Hall–Kier alpha value is -0.290. The summed E-state index contributed by atoms with van der Waals surface area (Å²) in [7, 11) is 1.69. The third-order valence-corrected chi connectivity index (χ3v) is 2.68. The maximum Gasteiger partial charge on any atom is 0.132 e. The fraction of sp³-hybridized carbons (Fsp3) is 0.455. The Bertz CT molecular complexity index is 287. The first-order valence-corrected chi connectivity index (χ1v) is 5.76. The van der Waals surface area contributed by atoms with Crippen molar-refractivity contribution in [1.82, 2.24) is 0 Å². The van der Waals surface area contributed by atoms with Crippen LogP contribution in [0.2, 0.25) is 0 Å². The minimum Gasteiger partial charge on any atom is -0.496 e. The highest BCUT2D eigenvalue weighted by Gasteiger charge is 2.00. The minimum atomic E-state index is 0.688. The van der Waals surface area contributed by atoms with E-state index in [1.807, 2.05) is 12.1 Å². The van der Waals surface area contributed by atoms with Gasteiger partial charge < -0.3 is 9.47 Å². The van der Waals surface area contributed by atoms with Crippen LogP contribution >= 0.6 is 22.6 Å². The molecule has 0 N–H and O–H groups in total. The molecule has 14 heavy (non-hydrogen) atoms. The Balaban J connectivity index is 2.57. The van der Waals surface area contributed by atoms with Gasteiger partial charge in [-0.1, -0.05) is 13.0 Å². The lowest BCUT2D eigenvalue weighted by atomic mass is 10.2. The predicted molar refractivity (Wildman–Crippen MR) is 65.7 cm³/mol. The lowest BCUT2D eigenvalue weighted by molar-refractivity contribution is 0.121. The van der Waals surface area contributed by atoms with E-state index in [1.54, 1.807) is 7.11 Å². The Labute approximate surface area is 98.7 Å². The van der Waals surface area contributed by atoms with Crippen molar-refractivity contribution in [1.29, 1.82) is 0 Å². The maximum atomic E-state index is 5.45. The lowest BCUT2D eigenvalue weighted by Crippen LogP contribution is -1.95. The van der Waals surface area contributed by atoms with E-state index in [1.165, 1.54) is 5.56 Å². The Morgan fingerprint density at radius 3 is 2.71 bits per heavy atom. The van der Waals surface area contributed by atoms with E-state index in [0.717, 1.165) is 22.3 Å². The summed E-state index contributed by atoms with van der Waals surface area (Å²) in [5.41, 5.74) is 1.20. The molecular formula is C11H15IO2. The van der Waals surface area contributed by atoms with Crippen molar-refractivity contribution in [2.45, 2.75) is 20.0 Å². The standard InChI is InChI=1S/C11H15IO2/c1-3-6-14-8-9-4-5-11(13-2)10(12)7-9/h4-5,7H,3,6,8H2,1-2H3. The van der Waals surface area contributed by atoms with Crippen LogP contribution in [-0.4, -0.2) is 13.7 Å². The summed E-state index contributed by atoms with van der Waals surface area (Å²) in [6.07, 6.45) is 1.06. The molecule has 0 amide bonds. The van der Waals surface area contributed by atoms with Crippen LogP contribution in [0.5, 0.6) is 5.75 Å². The molecule has 0 bridgehead atoms. The normalized spacial score (nSPS) is 10.2. The van der Waals surface area contributed by atoms with Crippen molar-refractivity contribution >= 4 is 22.6 Å². The van der Waals surface area contributed by atoms with Gasteiger partial charge in [0.15, 0.2) is 0 Å². The van der Waals surface area contributed by atoms with Crippen LogP contribution in [0.15, 0.2) is 18.2 Å². The molecule has 0 unspecified atom stereocenters. The van der Waals surface area contributed by atoms with E-state index in [4.69, 9.17) is 9.47 Å². The first-order valence-electron chi connectivity index (χ1n) is 4.68. The smallest absolute Gasteiger partial charge is 0.132 e. The van der Waals surface area contributed by atoms with Gasteiger partial charge in [-0.2, -0.15) is 0 Å². The molecule has 1 aromatic carbocycles. The molecule has 0 spiro atoms. The van der Waals surface area contributed by atoms with Gasteiger partial charge in [-0.3, -0.25) is 0 Å². The number of benzene rings is 1. The Morgan fingerprint density at radius 2 is 2.14 bits per heavy atom. The van der Waals surface area contributed by atoms with Gasteiger partial charge in [-0.05, 0) is 46.7 Å². The second-order valence-corrected chi connectivity index (χ2v) is 4.18. The molecule has 2 nitrogen and oxygen atoms in total. The van der Waals surface area contributed by atoms with Gasteiger partial charge >= 0.3 is 0 Å². The fourth-order valence-corrected chi connectivity index (χ4v) is 1.93. The summed E-state index contributed by atoms with van der Waals surface area (Å²) in [6, 6.07) is 6.11. The van der Waals surface area contributed by atoms with Crippen molar-refractivity contribution in [2.24, 2.45) is 0 Å². The summed E-state index contributed by atoms with van der Waals surface area (Å²) < 4.78 is 11.8. The SMILES string of the molecule is CCCOCc1ccc(OC)c(I)c1. The zero-order valence-electron chi connectivity index (χ0n) is 8.55. The number of ether oxygens (including phenoxy) is 2. The molecule has 0 fully saturated rings. The topological polar surface area (TPSA) is 18.5 Å². The van der Waals surface area contributed by atoms with Gasteiger partial charge in [-0.15, -0.1) is 0 Å². The number of hydrogen-bond acceptors (Lipinski definition) is 2. The van der Waals surface area contributed by atoms with Crippen LogP contribution in [0.25, 0.3) is 0 Å². The van der Waals surface area contributed by atoms with E-state index in [0.29, 0.717) is 6.61 Å². The summed E-state index contributed by atoms with van der Waals surface area (Å²) >= 11 is 2.27. The molecule has 0 radical (unpaired) electrons. The third-order valence-electron chi connectivity index (χ3n) is 1.83. The molecule has 0 aliphatic carbocycles. The van der Waals surface area contributed by atoms with Crippen LogP contribution < -0.4 is 4.74 Å². The van der Waals surface area contributed by atoms with E-state index in [2.05, 4.69) is 35.6 Å². The van der Waals surface area contributed by atoms with Gasteiger partial charge in [0.1, 0.15) is 5.75 Å². The predicted octanol–water partition coefficient (Wildman–Crippen LogP) is 3.23. The molecule has 0 heterocycles. The number of halogens is 1. The molecular weight excluding hydrogens is 291 g/mol. The molecule has 78 valence electrons. The minimum absolute atomic E-state index is 0.688. The second kappa shape index (κ2) is 6.24. The maximum absolute atomic E-state index is 5.45.